The maximum Gasteiger partial charge on any atom is 0.328 e. The van der Waals surface area contributed by atoms with E-state index in [0.717, 1.165) is 25.1 Å². The number of likely N-dealkylation sites (tertiary alicyclic amines) is 1. The van der Waals surface area contributed by atoms with Crippen LogP contribution in [0.3, 0.4) is 0 Å². The number of aromatic nitrogens is 3. The maximum absolute atomic E-state index is 15.9. The predicted octanol–water partition coefficient (Wildman–Crippen LogP) is 3.09. The van der Waals surface area contributed by atoms with E-state index in [9.17, 15) is 14.7 Å². The highest BCUT2D eigenvalue weighted by molar-refractivity contribution is 6.06. The minimum atomic E-state index is -1.13. The molecule has 2 unspecified atom stereocenters. The number of benzene rings is 1. The topological polar surface area (TPSA) is 104 Å². The van der Waals surface area contributed by atoms with E-state index >= 15 is 4.39 Å². The van der Waals surface area contributed by atoms with Crippen LogP contribution in [0.15, 0.2) is 36.7 Å². The Balaban J connectivity index is 1.25. The van der Waals surface area contributed by atoms with Crippen molar-refractivity contribution in [3.63, 3.8) is 0 Å². The summed E-state index contributed by atoms with van der Waals surface area (Å²) in [7, 11) is 0. The van der Waals surface area contributed by atoms with Crippen molar-refractivity contribution in [3.8, 4) is 0 Å². The summed E-state index contributed by atoms with van der Waals surface area (Å²) < 4.78 is 18.0. The van der Waals surface area contributed by atoms with Gasteiger partial charge in [0.15, 0.2) is 0 Å². The van der Waals surface area contributed by atoms with Gasteiger partial charge in [-0.2, -0.15) is 5.10 Å². The Morgan fingerprint density at radius 2 is 2.03 bits per heavy atom. The zero-order valence-corrected chi connectivity index (χ0v) is 20.2. The number of rotatable bonds is 5. The van der Waals surface area contributed by atoms with Crippen LogP contribution in [0.4, 0.5) is 14.9 Å². The van der Waals surface area contributed by atoms with Crippen LogP contribution >= 0.6 is 0 Å². The van der Waals surface area contributed by atoms with E-state index in [-0.39, 0.29) is 24.8 Å². The second-order valence-electron chi connectivity index (χ2n) is 10.4. The molecule has 3 amide bonds. The number of nitrogens with zero attached hydrogens (tertiary/aromatic N) is 5. The highest BCUT2D eigenvalue weighted by Crippen LogP contribution is 2.40. The van der Waals surface area contributed by atoms with Crippen LogP contribution < -0.4 is 10.2 Å². The molecule has 4 heterocycles. The molecule has 0 radical (unpaired) electrons. The van der Waals surface area contributed by atoms with Gasteiger partial charge in [-0.05, 0) is 56.5 Å². The lowest BCUT2D eigenvalue weighted by atomic mass is 9.77. The average Bonchev–Trinajstić information content (AvgIpc) is 3.58. The van der Waals surface area contributed by atoms with Gasteiger partial charge in [0.05, 0.1) is 34.7 Å². The lowest BCUT2D eigenvalue weighted by Crippen LogP contribution is -2.50. The summed E-state index contributed by atoms with van der Waals surface area (Å²) >= 11 is 0. The maximum atomic E-state index is 15.9. The number of urea groups is 1. The molecule has 2 atom stereocenters. The fraction of sp³-hybridized carbons (Fsp3) is 0.462. The summed E-state index contributed by atoms with van der Waals surface area (Å²) in [5.74, 6) is -1.14. The van der Waals surface area contributed by atoms with E-state index in [4.69, 9.17) is 0 Å². The van der Waals surface area contributed by atoms with Gasteiger partial charge in [-0.1, -0.05) is 6.07 Å². The molecule has 1 aromatic carbocycles. The van der Waals surface area contributed by atoms with Crippen LogP contribution in [0.25, 0.3) is 10.9 Å². The number of aliphatic hydroxyl groups is 1. The van der Waals surface area contributed by atoms with Crippen LogP contribution in [-0.2, 0) is 11.3 Å². The first-order valence-electron chi connectivity index (χ1n) is 12.5. The molecular weight excluding hydrogens is 463 g/mol. The molecule has 10 heteroatoms. The minimum Gasteiger partial charge on any atom is -0.388 e. The quantitative estimate of drug-likeness (QED) is 0.567. The van der Waals surface area contributed by atoms with E-state index in [2.05, 4.69) is 25.0 Å². The van der Waals surface area contributed by atoms with Crippen molar-refractivity contribution >= 4 is 28.5 Å². The number of piperidine rings is 1. The Hall–Kier alpha value is -3.37. The molecule has 188 valence electrons. The third kappa shape index (κ3) is 4.14. The number of β-amino-alcohol motifs (C(OH)–C–C–N with tert-alkyl or cyclic N) is 1. The molecule has 0 spiro atoms. The smallest absolute Gasteiger partial charge is 0.328 e. The van der Waals surface area contributed by atoms with Gasteiger partial charge >= 0.3 is 6.03 Å². The number of hydrogen-bond acceptors (Lipinski definition) is 6. The molecule has 2 aromatic heterocycles. The summed E-state index contributed by atoms with van der Waals surface area (Å²) in [5.41, 5.74) is 1.37. The second kappa shape index (κ2) is 8.63. The predicted molar refractivity (Wildman–Crippen MR) is 131 cm³/mol. The number of halogens is 1. The molecular formula is C26H29FN6O3. The van der Waals surface area contributed by atoms with Gasteiger partial charge in [0.1, 0.15) is 5.82 Å². The monoisotopic (exact) mass is 492 g/mol. The summed E-state index contributed by atoms with van der Waals surface area (Å²) in [4.78, 5) is 31.7. The Morgan fingerprint density at radius 1 is 1.19 bits per heavy atom. The number of amides is 3. The van der Waals surface area contributed by atoms with E-state index in [1.165, 1.54) is 11.1 Å². The zero-order valence-electron chi connectivity index (χ0n) is 20.2. The van der Waals surface area contributed by atoms with Crippen molar-refractivity contribution < 1.29 is 19.1 Å². The van der Waals surface area contributed by atoms with Crippen LogP contribution in [0.1, 0.15) is 55.8 Å². The Bertz CT molecular complexity index is 1350. The van der Waals surface area contributed by atoms with Gasteiger partial charge in [-0.15, -0.1) is 0 Å². The lowest BCUT2D eigenvalue weighted by Gasteiger charge is -2.43. The van der Waals surface area contributed by atoms with Crippen molar-refractivity contribution in [1.82, 2.24) is 25.0 Å². The molecule has 1 aliphatic carbocycles. The number of imide groups is 1. The highest BCUT2D eigenvalue weighted by atomic mass is 19.1. The summed E-state index contributed by atoms with van der Waals surface area (Å²) in [6.07, 6.45) is 6.44. The average molecular weight is 493 g/mol. The molecule has 2 aliphatic heterocycles. The van der Waals surface area contributed by atoms with Gasteiger partial charge in [0.2, 0.25) is 5.91 Å². The van der Waals surface area contributed by atoms with E-state index in [0.29, 0.717) is 47.7 Å². The number of nitrogens with one attached hydrogen (secondary N) is 1. The molecule has 9 nitrogen and oxygen atoms in total. The molecule has 3 aromatic rings. The van der Waals surface area contributed by atoms with Crippen LogP contribution in [0.5, 0.6) is 0 Å². The molecule has 3 aliphatic rings. The van der Waals surface area contributed by atoms with Crippen LogP contribution in [-0.4, -0.2) is 61.9 Å². The summed E-state index contributed by atoms with van der Waals surface area (Å²) in [5, 5.41) is 18.5. The SMILES string of the molecule is CC1(O)CN(Cc2ccnn2C2CC2)CCC1c1ccc2ncc(N3CCC(=O)NC3=O)cc2c1F. The van der Waals surface area contributed by atoms with E-state index in [1.807, 2.05) is 12.3 Å². The second-order valence-corrected chi connectivity index (χ2v) is 10.4. The molecule has 6 rings (SSSR count). The van der Waals surface area contributed by atoms with Gasteiger partial charge in [0, 0.05) is 43.6 Å². The first-order valence-corrected chi connectivity index (χ1v) is 12.5. The van der Waals surface area contributed by atoms with Crippen molar-refractivity contribution in [2.75, 3.05) is 24.5 Å². The third-order valence-electron chi connectivity index (χ3n) is 7.61. The van der Waals surface area contributed by atoms with Crippen molar-refractivity contribution in [2.24, 2.45) is 0 Å². The lowest BCUT2D eigenvalue weighted by molar-refractivity contribution is -0.120. The van der Waals surface area contributed by atoms with Gasteiger partial charge < -0.3 is 5.11 Å². The Kier molecular flexibility index (Phi) is 5.53. The summed E-state index contributed by atoms with van der Waals surface area (Å²) in [6, 6.07) is 7.06. The molecule has 1 saturated carbocycles. The molecule has 2 N–H and O–H groups in total. The van der Waals surface area contributed by atoms with Crippen LogP contribution in [0, 0.1) is 5.82 Å². The normalized spacial score (nSPS) is 25.4. The standard InChI is InChI=1S/C26H29FN6O3/c1-26(36)15-31(14-17-6-9-29-33(17)16-2-3-16)10-7-21(26)19-4-5-22-20(24(19)27)12-18(13-28-22)32-11-8-23(34)30-25(32)35/h4-6,9,12-13,16,21,36H,2-3,7-8,10-11,14-15H2,1H3,(H,30,34,35). The zero-order chi connectivity index (χ0) is 25.0. The minimum absolute atomic E-state index is 0.176. The summed E-state index contributed by atoms with van der Waals surface area (Å²) in [6.45, 7) is 3.84. The van der Waals surface area contributed by atoms with Gasteiger partial charge in [-0.3, -0.25) is 29.6 Å². The fourth-order valence-corrected chi connectivity index (χ4v) is 5.63. The molecule has 36 heavy (non-hydrogen) atoms. The number of carbonyl (C=O) groups is 2. The molecule has 2 saturated heterocycles. The van der Waals surface area contributed by atoms with E-state index in [1.54, 1.807) is 25.1 Å². The van der Waals surface area contributed by atoms with Gasteiger partial charge in [0.25, 0.3) is 0 Å². The Labute approximate surface area is 207 Å². The van der Waals surface area contributed by atoms with Crippen molar-refractivity contribution in [2.45, 2.75) is 56.7 Å². The fourth-order valence-electron chi connectivity index (χ4n) is 5.63. The molecule has 3 fully saturated rings. The number of carbonyl (C=O) groups excluding carboxylic acids is 2. The number of pyridine rings is 1. The van der Waals surface area contributed by atoms with Gasteiger partial charge in [-0.25, -0.2) is 9.18 Å². The van der Waals surface area contributed by atoms with Crippen LogP contribution in [0.2, 0.25) is 0 Å². The molecule has 0 bridgehead atoms. The number of fused-ring (bicyclic) bond motifs is 1. The van der Waals surface area contributed by atoms with Crippen molar-refractivity contribution in [3.05, 3.63) is 53.7 Å². The largest absolute Gasteiger partial charge is 0.388 e. The number of hydrogen-bond donors (Lipinski definition) is 2. The van der Waals surface area contributed by atoms with Crippen molar-refractivity contribution in [1.29, 1.82) is 0 Å². The number of anilines is 1. The first kappa shape index (κ1) is 23.1. The highest BCUT2D eigenvalue weighted by Gasteiger charge is 2.41. The first-order chi connectivity index (χ1) is 17.3. The Morgan fingerprint density at radius 3 is 2.78 bits per heavy atom. The van der Waals surface area contributed by atoms with E-state index < -0.39 is 17.4 Å². The third-order valence-corrected chi connectivity index (χ3v) is 7.61.